The molecule has 1 saturated heterocycles. The summed E-state index contributed by atoms with van der Waals surface area (Å²) < 4.78 is 0. The Morgan fingerprint density at radius 3 is 2.60 bits per heavy atom. The molecule has 86 valence electrons. The van der Waals surface area contributed by atoms with Gasteiger partial charge in [0, 0.05) is 13.0 Å². The summed E-state index contributed by atoms with van der Waals surface area (Å²) in [6, 6.07) is 0. The first kappa shape index (κ1) is 10.9. The Bertz CT molecular complexity index is 206. The molecule has 0 aromatic carbocycles. The number of amides is 1. The monoisotopic (exact) mass is 211 g/mol. The van der Waals surface area contributed by atoms with Crippen LogP contribution < -0.4 is 0 Å². The van der Waals surface area contributed by atoms with Gasteiger partial charge in [-0.05, 0) is 31.6 Å². The zero-order valence-electron chi connectivity index (χ0n) is 9.41. The van der Waals surface area contributed by atoms with E-state index < -0.39 is 0 Å². The molecule has 1 aliphatic carbocycles. The molecule has 1 aliphatic heterocycles. The molecule has 0 bridgehead atoms. The van der Waals surface area contributed by atoms with Gasteiger partial charge in [0.1, 0.15) is 0 Å². The van der Waals surface area contributed by atoms with Crippen LogP contribution in [0.1, 0.15) is 51.4 Å². The van der Waals surface area contributed by atoms with Gasteiger partial charge in [0.15, 0.2) is 0 Å². The molecule has 1 saturated carbocycles. The topological polar surface area (TPSA) is 29.5 Å². The molecule has 0 radical (unpaired) electrons. The number of rotatable bonds is 2. The van der Waals surface area contributed by atoms with Gasteiger partial charge in [0.25, 0.3) is 0 Å². The zero-order chi connectivity index (χ0) is 10.5. The van der Waals surface area contributed by atoms with Crippen LogP contribution in [0.4, 0.5) is 0 Å². The second kappa shape index (κ2) is 5.50. The van der Waals surface area contributed by atoms with Crippen molar-refractivity contribution in [1.29, 1.82) is 0 Å². The van der Waals surface area contributed by atoms with Crippen molar-refractivity contribution in [1.82, 2.24) is 5.06 Å². The third-order valence-electron chi connectivity index (χ3n) is 3.47. The molecule has 2 rings (SSSR count). The third-order valence-corrected chi connectivity index (χ3v) is 3.47. The van der Waals surface area contributed by atoms with E-state index in [9.17, 15) is 4.79 Å². The maximum absolute atomic E-state index is 11.9. The minimum absolute atomic E-state index is 0.210. The maximum Gasteiger partial charge on any atom is 0.246 e. The first-order valence-corrected chi connectivity index (χ1v) is 6.29. The SMILES string of the molecule is O=C(CC1CCCCC1)N1CCCCO1. The van der Waals surface area contributed by atoms with E-state index in [1.54, 1.807) is 5.06 Å². The molecular weight excluding hydrogens is 190 g/mol. The van der Waals surface area contributed by atoms with Crippen molar-refractivity contribution in [3.63, 3.8) is 0 Å². The highest BCUT2D eigenvalue weighted by molar-refractivity contribution is 5.75. The Balaban J connectivity index is 1.74. The normalized spacial score (nSPS) is 24.1. The van der Waals surface area contributed by atoms with Gasteiger partial charge >= 0.3 is 0 Å². The molecule has 2 fully saturated rings. The lowest BCUT2D eigenvalue weighted by atomic mass is 9.87. The van der Waals surface area contributed by atoms with Crippen molar-refractivity contribution in [2.24, 2.45) is 5.92 Å². The van der Waals surface area contributed by atoms with Crippen molar-refractivity contribution in [2.75, 3.05) is 13.2 Å². The largest absolute Gasteiger partial charge is 0.273 e. The molecule has 1 heterocycles. The number of carbonyl (C=O) groups is 1. The first-order valence-electron chi connectivity index (χ1n) is 6.29. The van der Waals surface area contributed by atoms with Gasteiger partial charge in [-0.15, -0.1) is 0 Å². The Kier molecular flexibility index (Phi) is 4.01. The molecule has 0 aromatic rings. The highest BCUT2D eigenvalue weighted by Crippen LogP contribution is 2.27. The summed E-state index contributed by atoms with van der Waals surface area (Å²) in [4.78, 5) is 17.2. The fourth-order valence-corrected chi connectivity index (χ4v) is 2.53. The number of hydroxylamine groups is 2. The van der Waals surface area contributed by atoms with E-state index in [1.165, 1.54) is 32.1 Å². The standard InChI is InChI=1S/C12H21NO2/c14-12(13-8-4-5-9-15-13)10-11-6-2-1-3-7-11/h11H,1-10H2. The molecule has 0 atom stereocenters. The van der Waals surface area contributed by atoms with Gasteiger partial charge in [0.2, 0.25) is 5.91 Å². The lowest BCUT2D eigenvalue weighted by Crippen LogP contribution is -2.36. The Morgan fingerprint density at radius 1 is 1.13 bits per heavy atom. The number of hydrogen-bond acceptors (Lipinski definition) is 2. The second-order valence-corrected chi connectivity index (χ2v) is 4.74. The average Bonchev–Trinajstić information content (AvgIpc) is 2.31. The van der Waals surface area contributed by atoms with Gasteiger partial charge in [-0.25, -0.2) is 5.06 Å². The molecule has 3 nitrogen and oxygen atoms in total. The Morgan fingerprint density at radius 2 is 1.93 bits per heavy atom. The molecule has 0 N–H and O–H groups in total. The summed E-state index contributed by atoms with van der Waals surface area (Å²) in [6.45, 7) is 1.52. The molecule has 0 spiro atoms. The summed E-state index contributed by atoms with van der Waals surface area (Å²) in [6.07, 6.45) is 9.32. The minimum atomic E-state index is 0.210. The molecule has 0 aromatic heterocycles. The average molecular weight is 211 g/mol. The quantitative estimate of drug-likeness (QED) is 0.702. The lowest BCUT2D eigenvalue weighted by molar-refractivity contribution is -0.198. The van der Waals surface area contributed by atoms with Gasteiger partial charge < -0.3 is 0 Å². The predicted molar refractivity (Wildman–Crippen MR) is 58.1 cm³/mol. The summed E-state index contributed by atoms with van der Waals surface area (Å²) in [7, 11) is 0. The van der Waals surface area contributed by atoms with Crippen LogP contribution in [-0.4, -0.2) is 24.1 Å². The second-order valence-electron chi connectivity index (χ2n) is 4.74. The van der Waals surface area contributed by atoms with Crippen LogP contribution >= 0.6 is 0 Å². The number of carbonyl (C=O) groups excluding carboxylic acids is 1. The van der Waals surface area contributed by atoms with Crippen molar-refractivity contribution >= 4 is 5.91 Å². The van der Waals surface area contributed by atoms with Gasteiger partial charge in [-0.1, -0.05) is 19.3 Å². The van der Waals surface area contributed by atoms with Gasteiger partial charge in [-0.3, -0.25) is 9.63 Å². The smallest absolute Gasteiger partial charge is 0.246 e. The molecule has 1 amide bonds. The number of nitrogens with zero attached hydrogens (tertiary/aromatic N) is 1. The fraction of sp³-hybridized carbons (Fsp3) is 0.917. The Hall–Kier alpha value is -0.570. The van der Waals surface area contributed by atoms with Crippen LogP contribution in [0.25, 0.3) is 0 Å². The van der Waals surface area contributed by atoms with Crippen LogP contribution in [0.3, 0.4) is 0 Å². The lowest BCUT2D eigenvalue weighted by Gasteiger charge is -2.28. The van der Waals surface area contributed by atoms with Crippen molar-refractivity contribution in [3.05, 3.63) is 0 Å². The minimum Gasteiger partial charge on any atom is -0.273 e. The van der Waals surface area contributed by atoms with E-state index in [1.807, 2.05) is 0 Å². The summed E-state index contributed by atoms with van der Waals surface area (Å²) in [5.41, 5.74) is 0. The molecule has 2 aliphatic rings. The summed E-state index contributed by atoms with van der Waals surface area (Å²) >= 11 is 0. The summed E-state index contributed by atoms with van der Waals surface area (Å²) in [5.74, 6) is 0.832. The molecule has 15 heavy (non-hydrogen) atoms. The van der Waals surface area contributed by atoms with E-state index in [2.05, 4.69) is 0 Å². The van der Waals surface area contributed by atoms with E-state index in [-0.39, 0.29) is 5.91 Å². The predicted octanol–water partition coefficient (Wildman–Crippen LogP) is 2.51. The number of hydrogen-bond donors (Lipinski definition) is 0. The van der Waals surface area contributed by atoms with Crippen molar-refractivity contribution in [3.8, 4) is 0 Å². The highest BCUT2D eigenvalue weighted by atomic mass is 16.7. The van der Waals surface area contributed by atoms with Gasteiger partial charge in [-0.2, -0.15) is 0 Å². The van der Waals surface area contributed by atoms with Crippen molar-refractivity contribution in [2.45, 2.75) is 51.4 Å². The molecule has 0 unspecified atom stereocenters. The van der Waals surface area contributed by atoms with Crippen LogP contribution in [0.15, 0.2) is 0 Å². The van der Waals surface area contributed by atoms with Crippen LogP contribution in [0.2, 0.25) is 0 Å². The van der Waals surface area contributed by atoms with E-state index in [0.29, 0.717) is 12.3 Å². The molecule has 3 heteroatoms. The van der Waals surface area contributed by atoms with E-state index in [0.717, 1.165) is 26.0 Å². The van der Waals surface area contributed by atoms with Crippen LogP contribution in [0.5, 0.6) is 0 Å². The fourth-order valence-electron chi connectivity index (χ4n) is 2.53. The van der Waals surface area contributed by atoms with Crippen LogP contribution in [-0.2, 0) is 9.63 Å². The Labute approximate surface area is 91.7 Å². The zero-order valence-corrected chi connectivity index (χ0v) is 9.41. The first-order chi connectivity index (χ1) is 7.36. The van der Waals surface area contributed by atoms with Crippen LogP contribution in [0, 0.1) is 5.92 Å². The highest BCUT2D eigenvalue weighted by Gasteiger charge is 2.22. The van der Waals surface area contributed by atoms with Crippen molar-refractivity contribution < 1.29 is 9.63 Å². The maximum atomic E-state index is 11.9. The van der Waals surface area contributed by atoms with E-state index >= 15 is 0 Å². The van der Waals surface area contributed by atoms with Gasteiger partial charge in [0.05, 0.1) is 6.61 Å². The van der Waals surface area contributed by atoms with E-state index in [4.69, 9.17) is 4.84 Å². The third kappa shape index (κ3) is 3.20. The molecular formula is C12H21NO2. The summed E-state index contributed by atoms with van der Waals surface area (Å²) in [5, 5.41) is 1.60.